The third-order valence-corrected chi connectivity index (χ3v) is 13.9. The number of unbranched alkanes of at least 4 members (excludes halogenated alkanes) is 25. The standard InChI is InChI=1S/C67H112O12/c1-4-7-10-13-16-19-22-25-28-30-33-35-38-41-44-47-50-53-59(68)75-56-58(77-60(69)54-51-48-45-42-39-37-34-31-29-26-23-20-17-14-11-8-5-2)57-76-67-65(63(72)62(71)64(79-67)66(73)74)78-61(70)55-52-49-46-43-40-36-32-27-24-21-18-15-12-9-6-3/h7,10,16,18-19,21,25-29,32-33,35,58,62-65,67,71-72H,4-6,8-9,11-15,17,20,22-24,30-31,34,36-57H2,1-3H3,(H,73,74)/b10-7-,19-16-,21-18-,28-25-,29-26-,32-27-,35-33-. The highest BCUT2D eigenvalue weighted by Gasteiger charge is 2.50. The van der Waals surface area contributed by atoms with E-state index in [4.69, 9.17) is 23.7 Å². The Morgan fingerprint density at radius 1 is 0.430 bits per heavy atom. The summed E-state index contributed by atoms with van der Waals surface area (Å²) in [5.74, 6) is -3.17. The minimum absolute atomic E-state index is 0.0391. The quantitative estimate of drug-likeness (QED) is 0.0228. The summed E-state index contributed by atoms with van der Waals surface area (Å²) in [5, 5.41) is 31.5. The first-order chi connectivity index (χ1) is 38.6. The van der Waals surface area contributed by atoms with Crippen molar-refractivity contribution in [1.29, 1.82) is 0 Å². The molecular formula is C67H112O12. The number of esters is 3. The van der Waals surface area contributed by atoms with Crippen molar-refractivity contribution in [3.63, 3.8) is 0 Å². The van der Waals surface area contributed by atoms with Crippen LogP contribution in [0.4, 0.5) is 0 Å². The number of hydrogen-bond acceptors (Lipinski definition) is 11. The number of aliphatic hydroxyl groups is 2. The minimum Gasteiger partial charge on any atom is -0.479 e. The first-order valence-corrected chi connectivity index (χ1v) is 31.6. The molecule has 1 aliphatic rings. The number of aliphatic carboxylic acids is 1. The Labute approximate surface area is 480 Å². The Balaban J connectivity index is 2.70. The summed E-state index contributed by atoms with van der Waals surface area (Å²) >= 11 is 0. The Kier molecular flexibility index (Phi) is 50.3. The third kappa shape index (κ3) is 44.3. The van der Waals surface area contributed by atoms with E-state index in [1.54, 1.807) is 0 Å². The minimum atomic E-state index is -1.91. The normalized spacial score (nSPS) is 18.4. The maximum absolute atomic E-state index is 13.2. The van der Waals surface area contributed by atoms with Crippen LogP contribution in [0.2, 0.25) is 0 Å². The van der Waals surface area contributed by atoms with Crippen LogP contribution in [0.15, 0.2) is 85.1 Å². The zero-order valence-corrected chi connectivity index (χ0v) is 49.8. The molecule has 79 heavy (non-hydrogen) atoms. The molecule has 0 spiro atoms. The zero-order chi connectivity index (χ0) is 57.5. The lowest BCUT2D eigenvalue weighted by molar-refractivity contribution is -0.301. The van der Waals surface area contributed by atoms with Crippen LogP contribution in [0.25, 0.3) is 0 Å². The van der Waals surface area contributed by atoms with Gasteiger partial charge in [-0.25, -0.2) is 4.79 Å². The van der Waals surface area contributed by atoms with Crippen molar-refractivity contribution in [1.82, 2.24) is 0 Å². The van der Waals surface area contributed by atoms with Crippen LogP contribution in [0.3, 0.4) is 0 Å². The van der Waals surface area contributed by atoms with Gasteiger partial charge in [-0.2, -0.15) is 0 Å². The zero-order valence-electron chi connectivity index (χ0n) is 49.8. The molecule has 0 aromatic carbocycles. The second-order valence-corrected chi connectivity index (χ2v) is 21.3. The largest absolute Gasteiger partial charge is 0.479 e. The van der Waals surface area contributed by atoms with Gasteiger partial charge in [-0.05, 0) is 116 Å². The second-order valence-electron chi connectivity index (χ2n) is 21.3. The van der Waals surface area contributed by atoms with Gasteiger partial charge in [0.2, 0.25) is 0 Å². The number of carbonyl (C=O) groups excluding carboxylic acids is 3. The van der Waals surface area contributed by atoms with Crippen LogP contribution in [0, 0.1) is 0 Å². The Morgan fingerprint density at radius 2 is 0.797 bits per heavy atom. The lowest BCUT2D eigenvalue weighted by Gasteiger charge is -2.40. The third-order valence-electron chi connectivity index (χ3n) is 13.9. The summed E-state index contributed by atoms with van der Waals surface area (Å²) in [5.41, 5.74) is 0. The van der Waals surface area contributed by atoms with Crippen molar-refractivity contribution in [2.75, 3.05) is 13.2 Å². The van der Waals surface area contributed by atoms with Crippen molar-refractivity contribution < 1.29 is 58.2 Å². The lowest BCUT2D eigenvalue weighted by Crippen LogP contribution is -2.61. The van der Waals surface area contributed by atoms with Gasteiger partial charge < -0.3 is 39.0 Å². The fourth-order valence-electron chi connectivity index (χ4n) is 9.09. The summed E-state index contributed by atoms with van der Waals surface area (Å²) in [6, 6.07) is 0. The lowest BCUT2D eigenvalue weighted by atomic mass is 9.98. The molecular weight excluding hydrogens is 997 g/mol. The van der Waals surface area contributed by atoms with E-state index in [9.17, 15) is 34.5 Å². The van der Waals surface area contributed by atoms with Gasteiger partial charge in [0.1, 0.15) is 18.8 Å². The number of rotatable bonds is 53. The fourth-order valence-corrected chi connectivity index (χ4v) is 9.09. The van der Waals surface area contributed by atoms with E-state index in [1.165, 1.54) is 77.0 Å². The maximum atomic E-state index is 13.2. The van der Waals surface area contributed by atoms with E-state index in [-0.39, 0.29) is 25.9 Å². The number of ether oxygens (including phenoxy) is 5. The molecule has 0 aromatic heterocycles. The summed E-state index contributed by atoms with van der Waals surface area (Å²) in [6.07, 6.45) is 58.2. The van der Waals surface area contributed by atoms with E-state index in [2.05, 4.69) is 106 Å². The van der Waals surface area contributed by atoms with Crippen molar-refractivity contribution in [3.8, 4) is 0 Å². The molecule has 12 nitrogen and oxygen atoms in total. The van der Waals surface area contributed by atoms with Crippen LogP contribution in [-0.2, 0) is 42.9 Å². The summed E-state index contributed by atoms with van der Waals surface area (Å²) in [6.45, 7) is 5.83. The molecule has 0 radical (unpaired) electrons. The Bertz CT molecular complexity index is 1700. The molecule has 0 saturated carbocycles. The molecule has 452 valence electrons. The van der Waals surface area contributed by atoms with E-state index < -0.39 is 67.3 Å². The first kappa shape index (κ1) is 72.9. The maximum Gasteiger partial charge on any atom is 0.335 e. The number of allylic oxidation sites excluding steroid dienone is 14. The summed E-state index contributed by atoms with van der Waals surface area (Å²) < 4.78 is 28.5. The first-order valence-electron chi connectivity index (χ1n) is 31.6. The predicted octanol–water partition coefficient (Wildman–Crippen LogP) is 16.7. The molecule has 1 heterocycles. The smallest absolute Gasteiger partial charge is 0.335 e. The highest BCUT2D eigenvalue weighted by atomic mass is 16.7. The predicted molar refractivity (Wildman–Crippen MR) is 321 cm³/mol. The number of carbonyl (C=O) groups is 4. The topological polar surface area (TPSA) is 175 Å². The Hall–Kier alpha value is -4.10. The molecule has 1 rings (SSSR count). The van der Waals surface area contributed by atoms with Gasteiger partial charge in [-0.1, -0.05) is 215 Å². The van der Waals surface area contributed by atoms with Gasteiger partial charge in [0.05, 0.1) is 6.61 Å². The van der Waals surface area contributed by atoms with Crippen molar-refractivity contribution in [3.05, 3.63) is 85.1 Å². The molecule has 0 aromatic rings. The van der Waals surface area contributed by atoms with Gasteiger partial charge in [0.25, 0.3) is 0 Å². The van der Waals surface area contributed by atoms with E-state index in [1.807, 2.05) is 0 Å². The van der Waals surface area contributed by atoms with Crippen LogP contribution >= 0.6 is 0 Å². The molecule has 0 aliphatic carbocycles. The Morgan fingerprint density at radius 3 is 1.25 bits per heavy atom. The van der Waals surface area contributed by atoms with Crippen molar-refractivity contribution in [2.45, 2.75) is 302 Å². The molecule has 0 amide bonds. The van der Waals surface area contributed by atoms with Gasteiger partial charge >= 0.3 is 23.9 Å². The van der Waals surface area contributed by atoms with Crippen LogP contribution in [0.5, 0.6) is 0 Å². The number of carboxylic acid groups (broad SMARTS) is 1. The molecule has 1 aliphatic heterocycles. The highest BCUT2D eigenvalue weighted by molar-refractivity contribution is 5.74. The average Bonchev–Trinajstić information content (AvgIpc) is 3.46. The van der Waals surface area contributed by atoms with Crippen LogP contribution in [-0.4, -0.2) is 89.2 Å². The van der Waals surface area contributed by atoms with E-state index >= 15 is 0 Å². The molecule has 6 atom stereocenters. The molecule has 12 heteroatoms. The van der Waals surface area contributed by atoms with E-state index in [0.29, 0.717) is 19.3 Å². The van der Waals surface area contributed by atoms with Gasteiger partial charge in [0.15, 0.2) is 24.6 Å². The van der Waals surface area contributed by atoms with Gasteiger partial charge in [-0.3, -0.25) is 14.4 Å². The molecule has 3 N–H and O–H groups in total. The molecule has 1 saturated heterocycles. The number of hydrogen-bond donors (Lipinski definition) is 3. The molecule has 1 fully saturated rings. The molecule has 0 bridgehead atoms. The van der Waals surface area contributed by atoms with Gasteiger partial charge in [0, 0.05) is 19.3 Å². The van der Waals surface area contributed by atoms with Crippen molar-refractivity contribution >= 4 is 23.9 Å². The summed E-state index contributed by atoms with van der Waals surface area (Å²) in [4.78, 5) is 51.3. The van der Waals surface area contributed by atoms with Gasteiger partial charge in [-0.15, -0.1) is 0 Å². The summed E-state index contributed by atoms with van der Waals surface area (Å²) in [7, 11) is 0. The monoisotopic (exact) mass is 1110 g/mol. The fraction of sp³-hybridized carbons (Fsp3) is 0.731. The van der Waals surface area contributed by atoms with Crippen molar-refractivity contribution in [2.24, 2.45) is 0 Å². The SMILES string of the molecule is CC/C=C\C/C=C\C/C=C\C/C=C\CCCCCCC(=O)OCC(COC1OC(C(=O)O)C(O)C(O)C1OC(=O)CCCCCCC/C=C\C/C=C\CCCCC)OC(=O)CCCCCCCCC/C=C\CCCCCCCC. The molecule has 6 unspecified atom stereocenters. The van der Waals surface area contributed by atoms with Crippen LogP contribution < -0.4 is 0 Å². The number of carboxylic acids is 1. The second kappa shape index (κ2) is 54.5. The highest BCUT2D eigenvalue weighted by Crippen LogP contribution is 2.26. The average molecular weight is 1110 g/mol. The van der Waals surface area contributed by atoms with E-state index in [0.717, 1.165) is 128 Å². The number of aliphatic hydroxyl groups excluding tert-OH is 2. The van der Waals surface area contributed by atoms with Crippen LogP contribution in [0.1, 0.15) is 265 Å².